The van der Waals surface area contributed by atoms with E-state index in [1.807, 2.05) is 6.07 Å². The molecule has 0 amide bonds. The molecule has 108 valence electrons. The Bertz CT molecular complexity index is 562. The second-order valence-electron chi connectivity index (χ2n) is 5.54. The van der Waals surface area contributed by atoms with E-state index in [9.17, 15) is 5.11 Å². The van der Waals surface area contributed by atoms with Gasteiger partial charge in [0.15, 0.2) is 0 Å². The summed E-state index contributed by atoms with van der Waals surface area (Å²) in [5, 5.41) is 12.7. The van der Waals surface area contributed by atoms with Gasteiger partial charge in [0.05, 0.1) is 13.2 Å². The van der Waals surface area contributed by atoms with E-state index in [1.165, 1.54) is 16.3 Å². The lowest BCUT2D eigenvalue weighted by Gasteiger charge is -2.19. The number of methoxy groups -OCH3 is 1. The third-order valence-electron chi connectivity index (χ3n) is 4.01. The van der Waals surface area contributed by atoms with Crippen molar-refractivity contribution in [1.29, 1.82) is 0 Å². The summed E-state index contributed by atoms with van der Waals surface area (Å²) < 4.78 is 5.31. The molecule has 2 rings (SSSR count). The largest absolute Gasteiger partial charge is 0.497 e. The van der Waals surface area contributed by atoms with Gasteiger partial charge in [-0.15, -0.1) is 0 Å². The molecule has 2 heteroatoms. The SMILES string of the molecule is CCCC(C)C(O)Cc1cccc2ccc(OC)cc12. The number of fused-ring (bicyclic) bond motifs is 1. The zero-order valence-corrected chi connectivity index (χ0v) is 12.6. The first-order chi connectivity index (χ1) is 9.65. The van der Waals surface area contributed by atoms with Crippen LogP contribution in [0.3, 0.4) is 0 Å². The van der Waals surface area contributed by atoms with Gasteiger partial charge in [-0.3, -0.25) is 0 Å². The van der Waals surface area contributed by atoms with E-state index < -0.39 is 0 Å². The maximum atomic E-state index is 10.4. The Morgan fingerprint density at radius 2 is 2.00 bits per heavy atom. The van der Waals surface area contributed by atoms with Gasteiger partial charge in [0, 0.05) is 0 Å². The van der Waals surface area contributed by atoms with Crippen molar-refractivity contribution in [3.8, 4) is 5.75 Å². The molecule has 2 unspecified atom stereocenters. The van der Waals surface area contributed by atoms with Gasteiger partial charge in [0.1, 0.15) is 5.75 Å². The molecule has 0 radical (unpaired) electrons. The van der Waals surface area contributed by atoms with Crippen LogP contribution in [0.2, 0.25) is 0 Å². The van der Waals surface area contributed by atoms with Crippen molar-refractivity contribution in [3.05, 3.63) is 42.0 Å². The Hall–Kier alpha value is -1.54. The summed E-state index contributed by atoms with van der Waals surface area (Å²) in [6.07, 6.45) is 2.59. The second-order valence-corrected chi connectivity index (χ2v) is 5.54. The zero-order chi connectivity index (χ0) is 14.5. The van der Waals surface area contributed by atoms with Gasteiger partial charge in [-0.25, -0.2) is 0 Å². The quantitative estimate of drug-likeness (QED) is 0.854. The van der Waals surface area contributed by atoms with Crippen LogP contribution in [-0.2, 0) is 6.42 Å². The maximum Gasteiger partial charge on any atom is 0.119 e. The van der Waals surface area contributed by atoms with Gasteiger partial charge >= 0.3 is 0 Å². The summed E-state index contributed by atoms with van der Waals surface area (Å²) >= 11 is 0. The molecule has 2 nitrogen and oxygen atoms in total. The highest BCUT2D eigenvalue weighted by atomic mass is 16.5. The average molecular weight is 272 g/mol. The van der Waals surface area contributed by atoms with Crippen LogP contribution in [0, 0.1) is 5.92 Å². The van der Waals surface area contributed by atoms with Crippen molar-refractivity contribution < 1.29 is 9.84 Å². The predicted octanol–water partition coefficient (Wildman–Crippen LogP) is 4.19. The number of benzene rings is 2. The van der Waals surface area contributed by atoms with E-state index in [-0.39, 0.29) is 6.10 Å². The summed E-state index contributed by atoms with van der Waals surface area (Å²) in [6.45, 7) is 4.28. The summed E-state index contributed by atoms with van der Waals surface area (Å²) in [7, 11) is 1.68. The van der Waals surface area contributed by atoms with E-state index in [0.29, 0.717) is 12.3 Å². The van der Waals surface area contributed by atoms with Crippen LogP contribution in [0.25, 0.3) is 10.8 Å². The van der Waals surface area contributed by atoms with E-state index in [1.54, 1.807) is 7.11 Å². The topological polar surface area (TPSA) is 29.5 Å². The smallest absolute Gasteiger partial charge is 0.119 e. The monoisotopic (exact) mass is 272 g/mol. The second kappa shape index (κ2) is 6.76. The molecule has 0 aromatic heterocycles. The predicted molar refractivity (Wildman–Crippen MR) is 84.3 cm³/mol. The first-order valence-corrected chi connectivity index (χ1v) is 7.39. The minimum atomic E-state index is -0.285. The Balaban J connectivity index is 2.29. The Labute approximate surface area is 121 Å². The molecule has 0 fully saturated rings. The summed E-state index contributed by atoms with van der Waals surface area (Å²) in [4.78, 5) is 0. The van der Waals surface area contributed by atoms with Crippen LogP contribution in [0.5, 0.6) is 5.75 Å². The van der Waals surface area contributed by atoms with E-state index in [0.717, 1.165) is 18.6 Å². The van der Waals surface area contributed by atoms with E-state index in [2.05, 4.69) is 44.2 Å². The number of hydrogen-bond donors (Lipinski definition) is 1. The van der Waals surface area contributed by atoms with Crippen molar-refractivity contribution in [2.24, 2.45) is 5.92 Å². The van der Waals surface area contributed by atoms with E-state index in [4.69, 9.17) is 4.74 Å². The molecule has 2 atom stereocenters. The molecule has 0 saturated carbocycles. The van der Waals surface area contributed by atoms with Crippen molar-refractivity contribution in [1.82, 2.24) is 0 Å². The number of ether oxygens (including phenoxy) is 1. The van der Waals surface area contributed by atoms with Crippen molar-refractivity contribution in [2.45, 2.75) is 39.2 Å². The van der Waals surface area contributed by atoms with Crippen LogP contribution >= 0.6 is 0 Å². The Morgan fingerprint density at radius 3 is 2.70 bits per heavy atom. The van der Waals surface area contributed by atoms with Crippen molar-refractivity contribution in [3.63, 3.8) is 0 Å². The molecular formula is C18H24O2. The number of hydrogen-bond acceptors (Lipinski definition) is 2. The Morgan fingerprint density at radius 1 is 1.20 bits per heavy atom. The molecule has 0 aliphatic rings. The van der Waals surface area contributed by atoms with Crippen LogP contribution in [0.1, 0.15) is 32.3 Å². The normalized spacial score (nSPS) is 14.2. The lowest BCUT2D eigenvalue weighted by molar-refractivity contribution is 0.112. The molecule has 0 bridgehead atoms. The lowest BCUT2D eigenvalue weighted by atomic mass is 9.92. The molecule has 2 aromatic carbocycles. The summed E-state index contributed by atoms with van der Waals surface area (Å²) in [6, 6.07) is 12.4. The van der Waals surface area contributed by atoms with Crippen LogP contribution in [0.4, 0.5) is 0 Å². The third-order valence-corrected chi connectivity index (χ3v) is 4.01. The lowest BCUT2D eigenvalue weighted by Crippen LogP contribution is -2.20. The van der Waals surface area contributed by atoms with Gasteiger partial charge in [-0.05, 0) is 47.2 Å². The van der Waals surface area contributed by atoms with Gasteiger partial charge in [-0.2, -0.15) is 0 Å². The highest BCUT2D eigenvalue weighted by Gasteiger charge is 2.15. The van der Waals surface area contributed by atoms with E-state index >= 15 is 0 Å². The molecule has 2 aromatic rings. The van der Waals surface area contributed by atoms with Crippen molar-refractivity contribution >= 4 is 10.8 Å². The minimum absolute atomic E-state index is 0.285. The highest BCUT2D eigenvalue weighted by Crippen LogP contribution is 2.26. The molecular weight excluding hydrogens is 248 g/mol. The molecule has 0 aliphatic heterocycles. The molecule has 0 aliphatic carbocycles. The van der Waals surface area contributed by atoms with Gasteiger partial charge in [0.2, 0.25) is 0 Å². The molecule has 0 spiro atoms. The third kappa shape index (κ3) is 3.31. The maximum absolute atomic E-state index is 10.4. The van der Waals surface area contributed by atoms with Gasteiger partial charge in [0.25, 0.3) is 0 Å². The molecule has 0 saturated heterocycles. The van der Waals surface area contributed by atoms with Crippen molar-refractivity contribution in [2.75, 3.05) is 7.11 Å². The highest BCUT2D eigenvalue weighted by molar-refractivity contribution is 5.87. The molecule has 0 heterocycles. The molecule has 20 heavy (non-hydrogen) atoms. The number of aliphatic hydroxyl groups is 1. The number of aliphatic hydroxyl groups excluding tert-OH is 1. The first kappa shape index (κ1) is 14.9. The fourth-order valence-corrected chi connectivity index (χ4v) is 2.70. The fourth-order valence-electron chi connectivity index (χ4n) is 2.70. The average Bonchev–Trinajstić information content (AvgIpc) is 2.47. The zero-order valence-electron chi connectivity index (χ0n) is 12.6. The minimum Gasteiger partial charge on any atom is -0.497 e. The summed E-state index contributed by atoms with van der Waals surface area (Å²) in [5.74, 6) is 1.20. The van der Waals surface area contributed by atoms with Gasteiger partial charge in [-0.1, -0.05) is 44.5 Å². The summed E-state index contributed by atoms with van der Waals surface area (Å²) in [5.41, 5.74) is 1.19. The van der Waals surface area contributed by atoms with Crippen LogP contribution < -0.4 is 4.74 Å². The first-order valence-electron chi connectivity index (χ1n) is 7.39. The number of rotatable bonds is 6. The van der Waals surface area contributed by atoms with Crippen LogP contribution in [0.15, 0.2) is 36.4 Å². The standard InChI is InChI=1S/C18H24O2/c1-4-6-13(2)18(19)11-15-8-5-7-14-9-10-16(20-3)12-17(14)15/h5,7-10,12-13,18-19H,4,6,11H2,1-3H3. The Kier molecular flexibility index (Phi) is 5.02. The fraction of sp³-hybridized carbons (Fsp3) is 0.444. The molecule has 1 N–H and O–H groups in total. The van der Waals surface area contributed by atoms with Crippen LogP contribution in [-0.4, -0.2) is 18.3 Å². The van der Waals surface area contributed by atoms with Gasteiger partial charge < -0.3 is 9.84 Å².